The summed E-state index contributed by atoms with van der Waals surface area (Å²) in [6.45, 7) is 5.72. The molecule has 0 spiro atoms. The smallest absolute Gasteiger partial charge is 0.261 e. The number of nitrogens with zero attached hydrogens (tertiary/aromatic N) is 3. The number of amides is 2. The molecule has 3 aromatic carbocycles. The number of anilines is 2. The zero-order valence-corrected chi connectivity index (χ0v) is 23.6. The molecule has 2 aliphatic heterocycles. The topological polar surface area (TPSA) is 90.0 Å². The minimum atomic E-state index is -3.80. The highest BCUT2D eigenvalue weighted by molar-refractivity contribution is 7.92. The Kier molecular flexibility index (Phi) is 8.40. The predicted octanol–water partition coefficient (Wildman–Crippen LogP) is 4.57. The van der Waals surface area contributed by atoms with Crippen molar-refractivity contribution in [2.45, 2.75) is 37.0 Å². The second-order valence-corrected chi connectivity index (χ2v) is 12.0. The summed E-state index contributed by atoms with van der Waals surface area (Å²) in [5.41, 5.74) is 2.62. The molecule has 0 aliphatic carbocycles. The number of piperazine rings is 1. The molecule has 9 heteroatoms. The Balaban J connectivity index is 1.36. The van der Waals surface area contributed by atoms with Crippen LogP contribution >= 0.6 is 0 Å². The SMILES string of the molecule is CCC(C(=O)N1CCN(c2ccc(NS(=O)(=O)c3ccccc3)cc2C(=O)N2CCCC2)CC1)c1ccccc1. The van der Waals surface area contributed by atoms with E-state index in [0.717, 1.165) is 30.5 Å². The molecule has 40 heavy (non-hydrogen) atoms. The first kappa shape index (κ1) is 27.7. The Morgan fingerprint density at radius 1 is 0.800 bits per heavy atom. The van der Waals surface area contributed by atoms with Gasteiger partial charge in [-0.2, -0.15) is 0 Å². The maximum atomic E-state index is 13.6. The van der Waals surface area contributed by atoms with E-state index in [4.69, 9.17) is 0 Å². The van der Waals surface area contributed by atoms with Crippen molar-refractivity contribution in [1.29, 1.82) is 0 Å². The van der Waals surface area contributed by atoms with E-state index in [1.54, 1.807) is 30.3 Å². The van der Waals surface area contributed by atoms with E-state index in [9.17, 15) is 18.0 Å². The number of carbonyl (C=O) groups is 2. The number of carbonyl (C=O) groups excluding carboxylic acids is 2. The molecule has 0 aromatic heterocycles. The van der Waals surface area contributed by atoms with E-state index in [1.807, 2.05) is 53.1 Å². The molecule has 2 aliphatic rings. The summed E-state index contributed by atoms with van der Waals surface area (Å²) in [6.07, 6.45) is 2.66. The lowest BCUT2D eigenvalue weighted by Gasteiger charge is -2.38. The van der Waals surface area contributed by atoms with Gasteiger partial charge in [0.25, 0.3) is 15.9 Å². The van der Waals surface area contributed by atoms with Gasteiger partial charge in [0.1, 0.15) is 0 Å². The van der Waals surface area contributed by atoms with Crippen LogP contribution in [0.1, 0.15) is 48.0 Å². The third-order valence-corrected chi connectivity index (χ3v) is 9.16. The number of benzene rings is 3. The van der Waals surface area contributed by atoms with Gasteiger partial charge in [-0.1, -0.05) is 55.5 Å². The van der Waals surface area contributed by atoms with Crippen LogP contribution in [-0.4, -0.2) is 69.3 Å². The summed E-state index contributed by atoms with van der Waals surface area (Å²) in [5, 5.41) is 0. The van der Waals surface area contributed by atoms with Crippen molar-refractivity contribution in [2.24, 2.45) is 0 Å². The highest BCUT2D eigenvalue weighted by atomic mass is 32.2. The fourth-order valence-corrected chi connectivity index (χ4v) is 6.65. The van der Waals surface area contributed by atoms with Crippen LogP contribution in [-0.2, 0) is 14.8 Å². The van der Waals surface area contributed by atoms with Crippen LogP contribution in [0.2, 0.25) is 0 Å². The highest BCUT2D eigenvalue weighted by Crippen LogP contribution is 2.30. The molecule has 3 aromatic rings. The van der Waals surface area contributed by atoms with Crippen molar-refractivity contribution in [1.82, 2.24) is 9.80 Å². The Morgan fingerprint density at radius 2 is 1.43 bits per heavy atom. The van der Waals surface area contributed by atoms with Gasteiger partial charge in [0.2, 0.25) is 5.91 Å². The number of hydrogen-bond acceptors (Lipinski definition) is 5. The molecule has 1 unspecified atom stereocenters. The van der Waals surface area contributed by atoms with E-state index in [0.29, 0.717) is 50.5 Å². The van der Waals surface area contributed by atoms with Crippen LogP contribution in [0.25, 0.3) is 0 Å². The first-order chi connectivity index (χ1) is 19.4. The average molecular weight is 561 g/mol. The number of nitrogens with one attached hydrogen (secondary N) is 1. The molecule has 1 N–H and O–H groups in total. The summed E-state index contributed by atoms with van der Waals surface area (Å²) in [7, 11) is -3.80. The lowest BCUT2D eigenvalue weighted by atomic mass is 9.94. The molecule has 2 amide bonds. The van der Waals surface area contributed by atoms with Gasteiger partial charge in [-0.15, -0.1) is 0 Å². The number of hydrogen-bond donors (Lipinski definition) is 1. The monoisotopic (exact) mass is 560 g/mol. The zero-order chi connectivity index (χ0) is 28.1. The van der Waals surface area contributed by atoms with Crippen molar-refractivity contribution in [3.8, 4) is 0 Å². The standard InChI is InChI=1S/C31H36N4O4S/c1-2-27(24-11-5-3-6-12-24)30(36)35-21-19-33(20-22-35)29-16-15-25(23-28(29)31(37)34-17-9-10-18-34)32-40(38,39)26-13-7-4-8-14-26/h3-8,11-16,23,27,32H,2,9-10,17-22H2,1H3. The van der Waals surface area contributed by atoms with Crippen LogP contribution in [0.4, 0.5) is 11.4 Å². The van der Waals surface area contributed by atoms with Crippen molar-refractivity contribution in [3.63, 3.8) is 0 Å². The molecule has 0 radical (unpaired) electrons. The Labute approximate surface area is 236 Å². The van der Waals surface area contributed by atoms with Crippen LogP contribution < -0.4 is 9.62 Å². The van der Waals surface area contributed by atoms with Gasteiger partial charge < -0.3 is 14.7 Å². The highest BCUT2D eigenvalue weighted by Gasteiger charge is 2.30. The van der Waals surface area contributed by atoms with Crippen molar-refractivity contribution in [3.05, 3.63) is 90.0 Å². The van der Waals surface area contributed by atoms with Crippen LogP contribution in [0, 0.1) is 0 Å². The fourth-order valence-electron chi connectivity index (χ4n) is 5.58. The maximum Gasteiger partial charge on any atom is 0.261 e. The van der Waals surface area contributed by atoms with Gasteiger partial charge in [-0.3, -0.25) is 14.3 Å². The third kappa shape index (κ3) is 5.99. The van der Waals surface area contributed by atoms with Gasteiger partial charge in [-0.05, 0) is 55.2 Å². The second-order valence-electron chi connectivity index (χ2n) is 10.3. The molecular formula is C31H36N4O4S. The normalized spacial score (nSPS) is 16.6. The zero-order valence-electron chi connectivity index (χ0n) is 22.8. The molecule has 5 rings (SSSR count). The molecule has 2 saturated heterocycles. The molecule has 0 saturated carbocycles. The minimum Gasteiger partial charge on any atom is -0.367 e. The predicted molar refractivity (Wildman–Crippen MR) is 157 cm³/mol. The lowest BCUT2D eigenvalue weighted by Crippen LogP contribution is -2.50. The van der Waals surface area contributed by atoms with Crippen molar-refractivity contribution >= 4 is 33.2 Å². The third-order valence-electron chi connectivity index (χ3n) is 7.77. The van der Waals surface area contributed by atoms with Crippen LogP contribution in [0.3, 0.4) is 0 Å². The van der Waals surface area contributed by atoms with E-state index < -0.39 is 10.0 Å². The van der Waals surface area contributed by atoms with Gasteiger partial charge in [0.15, 0.2) is 0 Å². The van der Waals surface area contributed by atoms with Gasteiger partial charge in [0, 0.05) is 50.6 Å². The van der Waals surface area contributed by atoms with E-state index in [2.05, 4.69) is 9.62 Å². The average Bonchev–Trinajstić information content (AvgIpc) is 3.53. The fraction of sp³-hybridized carbons (Fsp3) is 0.355. The summed E-state index contributed by atoms with van der Waals surface area (Å²) >= 11 is 0. The number of likely N-dealkylation sites (tertiary alicyclic amines) is 1. The number of sulfonamides is 1. The van der Waals surface area contributed by atoms with Crippen molar-refractivity contribution in [2.75, 3.05) is 48.9 Å². The first-order valence-electron chi connectivity index (χ1n) is 14.0. The Bertz CT molecular complexity index is 1430. The summed E-state index contributed by atoms with van der Waals surface area (Å²) in [6, 6.07) is 23.3. The first-order valence-corrected chi connectivity index (χ1v) is 15.5. The van der Waals surface area contributed by atoms with Gasteiger partial charge in [0.05, 0.1) is 16.4 Å². The Morgan fingerprint density at radius 3 is 2.05 bits per heavy atom. The molecular weight excluding hydrogens is 524 g/mol. The maximum absolute atomic E-state index is 13.6. The lowest BCUT2D eigenvalue weighted by molar-refractivity contribution is -0.133. The second kappa shape index (κ2) is 12.1. The summed E-state index contributed by atoms with van der Waals surface area (Å²) in [4.78, 5) is 33.1. The molecule has 0 bridgehead atoms. The van der Waals surface area contributed by atoms with E-state index >= 15 is 0 Å². The molecule has 1 atom stereocenters. The van der Waals surface area contributed by atoms with Crippen LogP contribution in [0.15, 0.2) is 83.8 Å². The molecule has 210 valence electrons. The van der Waals surface area contributed by atoms with Crippen molar-refractivity contribution < 1.29 is 18.0 Å². The van der Waals surface area contributed by atoms with Crippen LogP contribution in [0.5, 0.6) is 0 Å². The Hall–Kier alpha value is -3.85. The van der Waals surface area contributed by atoms with Gasteiger partial charge in [-0.25, -0.2) is 8.42 Å². The largest absolute Gasteiger partial charge is 0.367 e. The van der Waals surface area contributed by atoms with Gasteiger partial charge >= 0.3 is 0 Å². The quantitative estimate of drug-likeness (QED) is 0.436. The van der Waals surface area contributed by atoms with E-state index in [-0.39, 0.29) is 22.6 Å². The molecule has 2 heterocycles. The summed E-state index contributed by atoms with van der Waals surface area (Å²) in [5.74, 6) is -0.133. The molecule has 8 nitrogen and oxygen atoms in total. The molecule has 2 fully saturated rings. The van der Waals surface area contributed by atoms with E-state index in [1.165, 1.54) is 12.1 Å². The summed E-state index contributed by atoms with van der Waals surface area (Å²) < 4.78 is 28.5. The number of rotatable bonds is 8. The minimum absolute atomic E-state index is 0.0955.